The van der Waals surface area contributed by atoms with E-state index in [0.717, 1.165) is 19.0 Å². The molecule has 0 spiro atoms. The molecule has 2 rings (SSSR count). The topological polar surface area (TPSA) is 9.23 Å². The van der Waals surface area contributed by atoms with E-state index in [2.05, 4.69) is 16.8 Å². The Morgan fingerprint density at radius 2 is 2.55 bits per heavy atom. The van der Waals surface area contributed by atoms with Gasteiger partial charge in [-0.3, -0.25) is 0 Å². The fraction of sp³-hybridized carbons (Fsp3) is 0.500. The summed E-state index contributed by atoms with van der Waals surface area (Å²) in [7, 11) is 0. The first-order valence-corrected chi connectivity index (χ1v) is 5.67. The van der Waals surface area contributed by atoms with Crippen LogP contribution in [0.1, 0.15) is 10.8 Å². The summed E-state index contributed by atoms with van der Waals surface area (Å²) >= 11 is 3.77. The van der Waals surface area contributed by atoms with Gasteiger partial charge in [-0.15, -0.1) is 11.8 Å². The number of hydrogen-bond donors (Lipinski definition) is 0. The molecule has 0 bridgehead atoms. The van der Waals surface area contributed by atoms with E-state index in [9.17, 15) is 0 Å². The lowest BCUT2D eigenvalue weighted by Gasteiger charge is -2.20. The zero-order chi connectivity index (χ0) is 7.52. The molecule has 1 aromatic rings. The van der Waals surface area contributed by atoms with Gasteiger partial charge < -0.3 is 4.74 Å². The quantitative estimate of drug-likeness (QED) is 0.666. The lowest BCUT2D eigenvalue weighted by Crippen LogP contribution is -2.13. The van der Waals surface area contributed by atoms with Crippen LogP contribution in [0.3, 0.4) is 0 Å². The van der Waals surface area contributed by atoms with Gasteiger partial charge >= 0.3 is 0 Å². The average Bonchev–Trinajstić information content (AvgIpc) is 2.58. The van der Waals surface area contributed by atoms with Gasteiger partial charge in [0, 0.05) is 5.75 Å². The molecule has 1 nitrogen and oxygen atoms in total. The molecule has 2 heterocycles. The minimum absolute atomic E-state index is 0.593. The standard InChI is InChI=1S/C8H10OS2/c1-3-10-6-7(1)8-5-9-2-4-11-8/h1,3,6,8H,2,4-5H2. The predicted molar refractivity (Wildman–Crippen MR) is 50.3 cm³/mol. The zero-order valence-electron chi connectivity index (χ0n) is 6.16. The predicted octanol–water partition coefficient (Wildman–Crippen LogP) is 2.55. The van der Waals surface area contributed by atoms with E-state index in [0.29, 0.717) is 5.25 Å². The van der Waals surface area contributed by atoms with Gasteiger partial charge in [0.05, 0.1) is 18.5 Å². The van der Waals surface area contributed by atoms with Crippen molar-refractivity contribution in [3.05, 3.63) is 22.4 Å². The fourth-order valence-corrected chi connectivity index (χ4v) is 2.97. The largest absolute Gasteiger partial charge is 0.379 e. The number of thioether (sulfide) groups is 1. The van der Waals surface area contributed by atoms with E-state index in [1.165, 1.54) is 5.56 Å². The van der Waals surface area contributed by atoms with Gasteiger partial charge in [-0.25, -0.2) is 0 Å². The van der Waals surface area contributed by atoms with E-state index in [1.807, 2.05) is 11.8 Å². The molecule has 1 saturated heterocycles. The maximum absolute atomic E-state index is 5.39. The molecule has 1 aromatic heterocycles. The molecule has 1 aliphatic rings. The molecular formula is C8H10OS2. The van der Waals surface area contributed by atoms with E-state index in [4.69, 9.17) is 4.74 Å². The van der Waals surface area contributed by atoms with Crippen LogP contribution in [0.15, 0.2) is 16.8 Å². The normalized spacial score (nSPS) is 25.3. The average molecular weight is 186 g/mol. The first-order valence-electron chi connectivity index (χ1n) is 3.68. The number of thiophene rings is 1. The van der Waals surface area contributed by atoms with Crippen LogP contribution in [0.5, 0.6) is 0 Å². The second kappa shape index (κ2) is 3.61. The Morgan fingerprint density at radius 3 is 3.18 bits per heavy atom. The van der Waals surface area contributed by atoms with Crippen LogP contribution in [0.4, 0.5) is 0 Å². The molecule has 1 unspecified atom stereocenters. The molecule has 1 fully saturated rings. The lowest BCUT2D eigenvalue weighted by molar-refractivity contribution is 0.144. The van der Waals surface area contributed by atoms with Gasteiger partial charge in [-0.05, 0) is 22.4 Å². The van der Waals surface area contributed by atoms with Crippen LogP contribution in [0.25, 0.3) is 0 Å². The van der Waals surface area contributed by atoms with Crippen molar-refractivity contribution in [2.24, 2.45) is 0 Å². The molecule has 0 amide bonds. The van der Waals surface area contributed by atoms with Crippen molar-refractivity contribution < 1.29 is 4.74 Å². The van der Waals surface area contributed by atoms with Crippen LogP contribution in [-0.2, 0) is 4.74 Å². The fourth-order valence-electron chi connectivity index (χ4n) is 1.14. The van der Waals surface area contributed by atoms with Gasteiger partial charge in [0.25, 0.3) is 0 Å². The Kier molecular flexibility index (Phi) is 2.51. The lowest BCUT2D eigenvalue weighted by atomic mass is 10.2. The second-order valence-electron chi connectivity index (χ2n) is 2.49. The summed E-state index contributed by atoms with van der Waals surface area (Å²) in [6.07, 6.45) is 0. The summed E-state index contributed by atoms with van der Waals surface area (Å²) in [5.41, 5.74) is 1.43. The van der Waals surface area contributed by atoms with Gasteiger partial charge in [-0.2, -0.15) is 11.3 Å². The first-order chi connectivity index (χ1) is 5.47. The third-order valence-corrected chi connectivity index (χ3v) is 3.65. The molecule has 0 aliphatic carbocycles. The molecule has 0 aromatic carbocycles. The maximum atomic E-state index is 5.39. The van der Waals surface area contributed by atoms with Crippen molar-refractivity contribution >= 4 is 23.1 Å². The third-order valence-electron chi connectivity index (χ3n) is 1.73. The number of hydrogen-bond acceptors (Lipinski definition) is 3. The Bertz CT molecular complexity index is 202. The maximum Gasteiger partial charge on any atom is 0.0626 e. The van der Waals surface area contributed by atoms with Gasteiger partial charge in [-0.1, -0.05) is 0 Å². The zero-order valence-corrected chi connectivity index (χ0v) is 7.79. The van der Waals surface area contributed by atoms with Crippen molar-refractivity contribution in [2.45, 2.75) is 5.25 Å². The Hall–Kier alpha value is 0.01000. The van der Waals surface area contributed by atoms with Gasteiger partial charge in [0.15, 0.2) is 0 Å². The Balaban J connectivity index is 2.04. The molecule has 0 radical (unpaired) electrons. The van der Waals surface area contributed by atoms with Crippen LogP contribution < -0.4 is 0 Å². The number of ether oxygens (including phenoxy) is 1. The number of rotatable bonds is 1. The van der Waals surface area contributed by atoms with Crippen molar-refractivity contribution in [3.63, 3.8) is 0 Å². The van der Waals surface area contributed by atoms with Crippen molar-refractivity contribution in [1.82, 2.24) is 0 Å². The van der Waals surface area contributed by atoms with Crippen molar-refractivity contribution in [2.75, 3.05) is 19.0 Å². The SMILES string of the molecule is c1cc(C2COCCS2)cs1. The van der Waals surface area contributed by atoms with Gasteiger partial charge in [0.1, 0.15) is 0 Å². The van der Waals surface area contributed by atoms with Gasteiger partial charge in [0.2, 0.25) is 0 Å². The van der Waals surface area contributed by atoms with Crippen LogP contribution in [0.2, 0.25) is 0 Å². The van der Waals surface area contributed by atoms with E-state index >= 15 is 0 Å². The highest BCUT2D eigenvalue weighted by atomic mass is 32.2. The summed E-state index contributed by atoms with van der Waals surface area (Å²) in [4.78, 5) is 0. The van der Waals surface area contributed by atoms with Crippen molar-refractivity contribution in [1.29, 1.82) is 0 Å². The molecule has 11 heavy (non-hydrogen) atoms. The van der Waals surface area contributed by atoms with E-state index in [1.54, 1.807) is 11.3 Å². The highest BCUT2D eigenvalue weighted by Crippen LogP contribution is 2.32. The summed E-state index contributed by atoms with van der Waals surface area (Å²) in [5.74, 6) is 1.14. The molecular weight excluding hydrogens is 176 g/mol. The van der Waals surface area contributed by atoms with Crippen LogP contribution in [0, 0.1) is 0 Å². The summed E-state index contributed by atoms with van der Waals surface area (Å²) in [5, 5.41) is 4.94. The van der Waals surface area contributed by atoms with E-state index < -0.39 is 0 Å². The summed E-state index contributed by atoms with van der Waals surface area (Å²) in [6, 6.07) is 2.19. The minimum atomic E-state index is 0.593. The monoisotopic (exact) mass is 186 g/mol. The molecule has 0 N–H and O–H groups in total. The third kappa shape index (κ3) is 1.78. The van der Waals surface area contributed by atoms with Crippen molar-refractivity contribution in [3.8, 4) is 0 Å². The second-order valence-corrected chi connectivity index (χ2v) is 4.58. The smallest absolute Gasteiger partial charge is 0.0626 e. The minimum Gasteiger partial charge on any atom is -0.379 e. The van der Waals surface area contributed by atoms with Crippen LogP contribution >= 0.6 is 23.1 Å². The molecule has 0 saturated carbocycles. The molecule has 1 atom stereocenters. The molecule has 1 aliphatic heterocycles. The highest BCUT2D eigenvalue weighted by Gasteiger charge is 2.16. The first kappa shape index (κ1) is 7.65. The van der Waals surface area contributed by atoms with E-state index in [-0.39, 0.29) is 0 Å². The molecule has 60 valence electrons. The van der Waals surface area contributed by atoms with Crippen LogP contribution in [-0.4, -0.2) is 19.0 Å². The highest BCUT2D eigenvalue weighted by molar-refractivity contribution is 7.99. The Morgan fingerprint density at radius 1 is 1.55 bits per heavy atom. The summed E-state index contributed by atoms with van der Waals surface area (Å²) < 4.78 is 5.39. The summed E-state index contributed by atoms with van der Waals surface area (Å²) in [6.45, 7) is 1.81. The Labute approximate surface area is 74.8 Å². The molecule has 3 heteroatoms.